The molecule has 8 rings (SSSR count). The Morgan fingerprint density at radius 3 is 1.37 bits per heavy atom. The second kappa shape index (κ2) is 8.48. The number of hydrogen-bond donors (Lipinski definition) is 2. The van der Waals surface area contributed by atoms with Crippen LogP contribution in [-0.4, -0.2) is 23.9 Å². The average molecular weight is 481 g/mol. The maximum absolute atomic E-state index is 14.1. The Kier molecular flexibility index (Phi) is 5.60. The summed E-state index contributed by atoms with van der Waals surface area (Å²) in [5.41, 5.74) is -0.0915. The van der Waals surface area contributed by atoms with Crippen LogP contribution in [0.3, 0.4) is 0 Å². The molecule has 0 aromatic rings. The van der Waals surface area contributed by atoms with E-state index in [1.54, 1.807) is 0 Å². The summed E-state index contributed by atoms with van der Waals surface area (Å²) in [7, 11) is 0. The lowest BCUT2D eigenvalue weighted by Crippen LogP contribution is -2.59. The molecule has 8 aliphatic carbocycles. The molecule has 2 N–H and O–H groups in total. The van der Waals surface area contributed by atoms with Crippen LogP contribution >= 0.6 is 0 Å². The van der Waals surface area contributed by atoms with Crippen molar-refractivity contribution < 1.29 is 9.59 Å². The fourth-order valence-corrected chi connectivity index (χ4v) is 11.8. The molecule has 0 radical (unpaired) electrons. The van der Waals surface area contributed by atoms with Gasteiger partial charge in [-0.15, -0.1) is 0 Å². The third kappa shape index (κ3) is 3.90. The molecule has 0 unspecified atom stereocenters. The average Bonchev–Trinajstić information content (AvgIpc) is 3.59. The minimum atomic E-state index is -0.488. The van der Waals surface area contributed by atoms with Gasteiger partial charge in [-0.05, 0) is 150 Å². The highest BCUT2D eigenvalue weighted by atomic mass is 16.2. The van der Waals surface area contributed by atoms with Crippen LogP contribution in [0.2, 0.25) is 0 Å². The molecule has 0 saturated heterocycles. The fourth-order valence-electron chi connectivity index (χ4n) is 11.8. The van der Waals surface area contributed by atoms with Crippen LogP contribution in [-0.2, 0) is 9.59 Å². The van der Waals surface area contributed by atoms with Crippen molar-refractivity contribution in [2.45, 2.75) is 116 Å². The zero-order valence-electron chi connectivity index (χ0n) is 22.1. The molecular weight excluding hydrogens is 432 g/mol. The summed E-state index contributed by atoms with van der Waals surface area (Å²) < 4.78 is 0. The van der Waals surface area contributed by atoms with Gasteiger partial charge >= 0.3 is 0 Å². The largest absolute Gasteiger partial charge is 0.353 e. The maximum atomic E-state index is 14.1. The predicted octanol–water partition coefficient (Wildman–Crippen LogP) is 5.70. The lowest BCUT2D eigenvalue weighted by Gasteiger charge is -2.58. The first-order chi connectivity index (χ1) is 16.9. The molecule has 0 heterocycles. The number of fused-ring (bicyclic) bond motifs is 4. The molecule has 194 valence electrons. The minimum Gasteiger partial charge on any atom is -0.353 e. The second-order valence-electron chi connectivity index (χ2n) is 15.0. The Labute approximate surface area is 212 Å². The van der Waals surface area contributed by atoms with E-state index in [4.69, 9.17) is 0 Å². The monoisotopic (exact) mass is 480 g/mol. The predicted molar refractivity (Wildman–Crippen MR) is 137 cm³/mol. The molecule has 8 fully saturated rings. The molecule has 8 bridgehead atoms. The number of rotatable bonds is 7. The summed E-state index contributed by atoms with van der Waals surface area (Å²) in [6.07, 6.45) is 18.1. The maximum Gasteiger partial charge on any atom is 0.233 e. The standard InChI is InChI=1S/C31H48N2O2/c1-17(26-12-19-3-5-24(26)10-19)32-29(34)28(31-14-21-7-22(15-31)9-23(8-21)16-31)30(35)33-18(2)27-13-20-4-6-25(27)11-20/h17-28H,3-16H2,1-2H3,(H,32,34)(H,33,35)/t17-,18-,19-,20-,21?,22?,23?,24-,25-,26+,27+,31?/m1/s1. The van der Waals surface area contributed by atoms with Gasteiger partial charge in [-0.2, -0.15) is 0 Å². The SMILES string of the molecule is C[C@@H](NC(=O)C(C(=O)N[C@H](C)[C@@H]1C[C@@H]2CC[C@@H]1C2)C12CC3CC(CC(C3)C1)C2)[C@@H]1C[C@@H]2CC[C@@H]1C2. The smallest absolute Gasteiger partial charge is 0.233 e. The Hall–Kier alpha value is -1.06. The molecule has 8 aliphatic rings. The van der Waals surface area contributed by atoms with Crippen LogP contribution in [0.25, 0.3) is 0 Å². The first kappa shape index (κ1) is 23.1. The Morgan fingerprint density at radius 2 is 1.03 bits per heavy atom. The van der Waals surface area contributed by atoms with Crippen molar-refractivity contribution in [2.24, 2.45) is 64.6 Å². The number of hydrogen-bond acceptors (Lipinski definition) is 2. The molecular formula is C31H48N2O2. The lowest BCUT2D eigenvalue weighted by atomic mass is 9.46. The van der Waals surface area contributed by atoms with Gasteiger partial charge in [0, 0.05) is 12.1 Å². The Bertz CT molecular complexity index is 785. The topological polar surface area (TPSA) is 58.2 Å². The molecule has 4 nitrogen and oxygen atoms in total. The lowest BCUT2D eigenvalue weighted by molar-refractivity contribution is -0.154. The number of nitrogens with one attached hydrogen (secondary N) is 2. The van der Waals surface area contributed by atoms with Crippen molar-refractivity contribution >= 4 is 11.8 Å². The van der Waals surface area contributed by atoms with Gasteiger partial charge in [-0.25, -0.2) is 0 Å². The first-order valence-corrected chi connectivity index (χ1v) is 15.5. The van der Waals surface area contributed by atoms with Crippen LogP contribution in [0.4, 0.5) is 0 Å². The highest BCUT2D eigenvalue weighted by molar-refractivity contribution is 6.01. The van der Waals surface area contributed by atoms with Crippen molar-refractivity contribution in [2.75, 3.05) is 0 Å². The quantitative estimate of drug-likeness (QED) is 0.459. The first-order valence-electron chi connectivity index (χ1n) is 15.5. The van der Waals surface area contributed by atoms with Crippen LogP contribution in [0.1, 0.15) is 104 Å². The van der Waals surface area contributed by atoms with Crippen LogP contribution in [0.15, 0.2) is 0 Å². The van der Waals surface area contributed by atoms with Gasteiger partial charge in [0.1, 0.15) is 5.92 Å². The normalized spacial score (nSPS) is 48.5. The second-order valence-corrected chi connectivity index (χ2v) is 15.0. The van der Waals surface area contributed by atoms with Crippen molar-refractivity contribution in [1.29, 1.82) is 0 Å². The summed E-state index contributed by atoms with van der Waals surface area (Å²) in [6.45, 7) is 4.46. The summed E-state index contributed by atoms with van der Waals surface area (Å²) in [6, 6.07) is 0.398. The van der Waals surface area contributed by atoms with E-state index in [1.165, 1.54) is 70.6 Å². The molecule has 0 aliphatic heterocycles. The van der Waals surface area contributed by atoms with Gasteiger partial charge in [0.05, 0.1) is 0 Å². The number of carbonyl (C=O) groups excluding carboxylic acids is 2. The summed E-state index contributed by atoms with van der Waals surface area (Å²) >= 11 is 0. The summed E-state index contributed by atoms with van der Waals surface area (Å²) in [5, 5.41) is 6.97. The highest BCUT2D eigenvalue weighted by Gasteiger charge is 2.58. The van der Waals surface area contributed by atoms with Crippen molar-refractivity contribution in [3.8, 4) is 0 Å². The van der Waals surface area contributed by atoms with E-state index < -0.39 is 5.92 Å². The minimum absolute atomic E-state index is 0.0693. The van der Waals surface area contributed by atoms with Gasteiger partial charge in [0.25, 0.3) is 0 Å². The third-order valence-electron chi connectivity index (χ3n) is 12.8. The fraction of sp³-hybridized carbons (Fsp3) is 0.935. The van der Waals surface area contributed by atoms with E-state index in [0.29, 0.717) is 11.8 Å². The van der Waals surface area contributed by atoms with Crippen molar-refractivity contribution in [1.82, 2.24) is 10.6 Å². The Morgan fingerprint density at radius 1 is 0.600 bits per heavy atom. The van der Waals surface area contributed by atoms with Crippen LogP contribution < -0.4 is 10.6 Å². The van der Waals surface area contributed by atoms with E-state index in [1.807, 2.05) is 0 Å². The van der Waals surface area contributed by atoms with Gasteiger partial charge in [0.15, 0.2) is 0 Å². The molecule has 0 aromatic carbocycles. The van der Waals surface area contributed by atoms with Crippen LogP contribution in [0.5, 0.6) is 0 Å². The molecule has 2 amide bonds. The summed E-state index contributed by atoms with van der Waals surface area (Å²) in [5.74, 6) is 6.47. The number of carbonyl (C=O) groups is 2. The van der Waals surface area contributed by atoms with Crippen molar-refractivity contribution in [3.05, 3.63) is 0 Å². The van der Waals surface area contributed by atoms with Gasteiger partial charge in [-0.3, -0.25) is 9.59 Å². The van der Waals surface area contributed by atoms with Gasteiger partial charge in [0.2, 0.25) is 11.8 Å². The van der Waals surface area contributed by atoms with E-state index in [9.17, 15) is 9.59 Å². The van der Waals surface area contributed by atoms with Gasteiger partial charge in [-0.1, -0.05) is 12.8 Å². The van der Waals surface area contributed by atoms with E-state index in [-0.39, 0.29) is 29.3 Å². The zero-order chi connectivity index (χ0) is 23.9. The van der Waals surface area contributed by atoms with E-state index >= 15 is 0 Å². The third-order valence-corrected chi connectivity index (χ3v) is 12.8. The Balaban J connectivity index is 1.11. The van der Waals surface area contributed by atoms with Crippen LogP contribution in [0, 0.1) is 64.6 Å². The molecule has 4 heteroatoms. The van der Waals surface area contributed by atoms with E-state index in [0.717, 1.165) is 60.7 Å². The molecule has 8 saturated carbocycles. The van der Waals surface area contributed by atoms with Gasteiger partial charge < -0.3 is 10.6 Å². The molecule has 35 heavy (non-hydrogen) atoms. The molecule has 8 atom stereocenters. The zero-order valence-corrected chi connectivity index (χ0v) is 22.1. The van der Waals surface area contributed by atoms with Crippen molar-refractivity contribution in [3.63, 3.8) is 0 Å². The molecule has 0 aromatic heterocycles. The summed E-state index contributed by atoms with van der Waals surface area (Å²) in [4.78, 5) is 28.3. The molecule has 0 spiro atoms. The highest BCUT2D eigenvalue weighted by Crippen LogP contribution is 2.63. The number of amides is 2. The van der Waals surface area contributed by atoms with E-state index in [2.05, 4.69) is 24.5 Å².